The molecule has 0 aliphatic heterocycles. The molecule has 4 rings (SSSR count). The summed E-state index contributed by atoms with van der Waals surface area (Å²) in [6.45, 7) is 6.22. The van der Waals surface area contributed by atoms with Crippen LogP contribution in [0.25, 0.3) is 11.4 Å². The Kier molecular flexibility index (Phi) is 4.14. The normalized spacial score (nSPS) is 28.5. The summed E-state index contributed by atoms with van der Waals surface area (Å²) < 4.78 is 0. The molecule has 0 fully saturated rings. The lowest BCUT2D eigenvalue weighted by Gasteiger charge is -2.53. The fourth-order valence-corrected chi connectivity index (χ4v) is 5.21. The van der Waals surface area contributed by atoms with Crippen LogP contribution in [0.1, 0.15) is 38.4 Å². The fourth-order valence-electron chi connectivity index (χ4n) is 4.99. The van der Waals surface area contributed by atoms with Crippen LogP contribution >= 0.6 is 11.6 Å². The van der Waals surface area contributed by atoms with Gasteiger partial charge >= 0.3 is 0 Å². The van der Waals surface area contributed by atoms with Crippen molar-refractivity contribution in [3.05, 3.63) is 58.4 Å². The van der Waals surface area contributed by atoms with Crippen molar-refractivity contribution in [2.75, 3.05) is 0 Å². The van der Waals surface area contributed by atoms with E-state index in [1.54, 1.807) is 0 Å². The van der Waals surface area contributed by atoms with Gasteiger partial charge in [0, 0.05) is 17.2 Å². The second-order valence-corrected chi connectivity index (χ2v) is 8.76. The van der Waals surface area contributed by atoms with E-state index in [-0.39, 0.29) is 5.92 Å². The number of nitrogens with zero attached hydrogens (tertiary/aromatic N) is 3. The van der Waals surface area contributed by atoms with Crippen LogP contribution in [0.15, 0.2) is 42.1 Å². The Labute approximate surface area is 164 Å². The number of benzene rings is 1. The van der Waals surface area contributed by atoms with Gasteiger partial charge in [-0.1, -0.05) is 50.6 Å². The molecule has 1 aromatic heterocycles. The van der Waals surface area contributed by atoms with Crippen molar-refractivity contribution in [1.82, 2.24) is 9.97 Å². The van der Waals surface area contributed by atoms with Crippen LogP contribution in [0.5, 0.6) is 0 Å². The lowest BCUT2D eigenvalue weighted by molar-refractivity contribution is -0.0104. The first-order valence-corrected chi connectivity index (χ1v) is 9.59. The molecule has 3 atom stereocenters. The molecular weight excluding hydrogens is 358 g/mol. The van der Waals surface area contributed by atoms with Crippen molar-refractivity contribution < 1.29 is 5.11 Å². The summed E-state index contributed by atoms with van der Waals surface area (Å²) in [5.74, 6) is 0.774. The van der Waals surface area contributed by atoms with Gasteiger partial charge in [0.15, 0.2) is 5.82 Å². The minimum absolute atomic E-state index is 0.179. The molecule has 2 aliphatic carbocycles. The Morgan fingerprint density at radius 3 is 2.70 bits per heavy atom. The number of halogens is 1. The van der Waals surface area contributed by atoms with Gasteiger partial charge in [-0.25, -0.2) is 9.97 Å². The maximum Gasteiger partial charge on any atom is 0.160 e. The van der Waals surface area contributed by atoms with E-state index >= 15 is 0 Å². The van der Waals surface area contributed by atoms with Crippen LogP contribution in [0, 0.1) is 22.7 Å². The second kappa shape index (κ2) is 6.15. The Bertz CT molecular complexity index is 991. The first-order chi connectivity index (χ1) is 12.8. The Hall–Kier alpha value is -2.22. The molecule has 138 valence electrons. The molecule has 0 radical (unpaired) electrons. The lowest BCUT2D eigenvalue weighted by atomic mass is 9.52. The summed E-state index contributed by atoms with van der Waals surface area (Å²) in [5.41, 5.74) is 2.42. The van der Waals surface area contributed by atoms with Crippen molar-refractivity contribution in [3.63, 3.8) is 0 Å². The first-order valence-electron chi connectivity index (χ1n) is 9.21. The monoisotopic (exact) mass is 379 g/mol. The number of nitriles is 1. The van der Waals surface area contributed by atoms with E-state index in [1.807, 2.05) is 50.4 Å². The number of aliphatic hydroxyl groups excluding tert-OH is 1. The molecule has 1 heterocycles. The average molecular weight is 380 g/mol. The number of aliphatic hydroxyl groups is 1. The highest BCUT2D eigenvalue weighted by Gasteiger charge is 2.54. The number of hydrogen-bond acceptors (Lipinski definition) is 4. The fraction of sp³-hybridized carbons (Fsp3) is 0.409. The summed E-state index contributed by atoms with van der Waals surface area (Å²) in [5, 5.41) is 20.9. The quantitative estimate of drug-likeness (QED) is 0.793. The summed E-state index contributed by atoms with van der Waals surface area (Å²) in [7, 11) is 0. The van der Waals surface area contributed by atoms with Gasteiger partial charge in [-0.05, 0) is 41.9 Å². The molecule has 27 heavy (non-hydrogen) atoms. The van der Waals surface area contributed by atoms with Gasteiger partial charge in [-0.2, -0.15) is 5.26 Å². The third-order valence-electron chi connectivity index (χ3n) is 6.40. The summed E-state index contributed by atoms with van der Waals surface area (Å²) >= 11 is 6.36. The van der Waals surface area contributed by atoms with E-state index in [1.165, 1.54) is 0 Å². The van der Waals surface area contributed by atoms with Crippen molar-refractivity contribution in [2.24, 2.45) is 11.3 Å². The van der Waals surface area contributed by atoms with E-state index in [9.17, 15) is 10.4 Å². The van der Waals surface area contributed by atoms with E-state index in [2.05, 4.69) is 18.0 Å². The number of aromatic nitrogens is 2. The molecule has 5 heteroatoms. The van der Waals surface area contributed by atoms with Crippen LogP contribution in [0.4, 0.5) is 0 Å². The molecule has 1 unspecified atom stereocenters. The maximum atomic E-state index is 10.7. The van der Waals surface area contributed by atoms with Crippen molar-refractivity contribution >= 4 is 11.6 Å². The van der Waals surface area contributed by atoms with Crippen molar-refractivity contribution in [1.29, 1.82) is 5.26 Å². The van der Waals surface area contributed by atoms with Gasteiger partial charge in [-0.15, -0.1) is 0 Å². The zero-order valence-corrected chi connectivity index (χ0v) is 16.5. The second-order valence-electron chi connectivity index (χ2n) is 8.36. The maximum absolute atomic E-state index is 10.7. The highest BCUT2D eigenvalue weighted by molar-refractivity contribution is 6.33. The number of rotatable bonds is 1. The predicted molar refractivity (Wildman–Crippen MR) is 105 cm³/mol. The molecule has 1 N–H and O–H groups in total. The molecule has 0 spiro atoms. The van der Waals surface area contributed by atoms with E-state index in [4.69, 9.17) is 16.6 Å². The molecule has 2 aliphatic rings. The summed E-state index contributed by atoms with van der Waals surface area (Å²) in [6, 6.07) is 9.75. The Balaban J connectivity index is 1.93. The van der Waals surface area contributed by atoms with Gasteiger partial charge in [0.1, 0.15) is 0 Å². The van der Waals surface area contributed by atoms with Crippen LogP contribution in [-0.4, -0.2) is 21.2 Å². The summed E-state index contributed by atoms with van der Waals surface area (Å²) in [6.07, 6.45) is 4.85. The van der Waals surface area contributed by atoms with Gasteiger partial charge in [0.05, 0.1) is 28.5 Å². The highest BCUT2D eigenvalue weighted by Crippen LogP contribution is 2.55. The van der Waals surface area contributed by atoms with Crippen molar-refractivity contribution in [2.45, 2.75) is 45.1 Å². The first kappa shape index (κ1) is 18.2. The molecule has 0 amide bonds. The van der Waals surface area contributed by atoms with Crippen LogP contribution in [0.2, 0.25) is 5.02 Å². The molecule has 4 nitrogen and oxygen atoms in total. The topological polar surface area (TPSA) is 69.8 Å². The molecule has 0 bridgehead atoms. The number of fused-ring (bicyclic) bond motifs is 3. The third-order valence-corrected chi connectivity index (χ3v) is 6.73. The zero-order chi connectivity index (χ0) is 19.4. The van der Waals surface area contributed by atoms with Crippen LogP contribution in [-0.2, 0) is 11.8 Å². The number of hydrogen-bond donors (Lipinski definition) is 1. The third kappa shape index (κ3) is 2.61. The van der Waals surface area contributed by atoms with Crippen LogP contribution in [0.3, 0.4) is 0 Å². The molecular formula is C22H22ClN3O. The molecule has 0 saturated carbocycles. The number of aryl methyl sites for hydroxylation is 1. The predicted octanol–water partition coefficient (Wildman–Crippen LogP) is 4.47. The Morgan fingerprint density at radius 1 is 1.26 bits per heavy atom. The van der Waals surface area contributed by atoms with Crippen molar-refractivity contribution in [3.8, 4) is 17.5 Å². The minimum Gasteiger partial charge on any atom is -0.387 e. The van der Waals surface area contributed by atoms with Crippen LogP contribution < -0.4 is 0 Å². The minimum atomic E-state index is -0.757. The Morgan fingerprint density at radius 2 is 2.00 bits per heavy atom. The van der Waals surface area contributed by atoms with E-state index in [0.717, 1.165) is 29.7 Å². The SMILES string of the molecule is CC1(C)C(O)C(C#N)=C[C@]2(C)c3nc(-c4ccccc4Cl)ncc3CC[C@@H]12. The molecule has 0 saturated heterocycles. The zero-order valence-electron chi connectivity index (χ0n) is 15.7. The standard InChI is InChI=1S/C22H22ClN3O/c1-21(2)17-9-8-13-12-25-20(15-6-4-5-7-16(15)23)26-18(13)22(17,3)10-14(11-24)19(21)27/h4-7,10,12,17,19,27H,8-9H2,1-3H3/t17-,19?,22-/m0/s1. The van der Waals surface area contributed by atoms with Gasteiger partial charge < -0.3 is 5.11 Å². The smallest absolute Gasteiger partial charge is 0.160 e. The summed E-state index contributed by atoms with van der Waals surface area (Å²) in [4.78, 5) is 9.48. The molecule has 2 aromatic rings. The average Bonchev–Trinajstić information content (AvgIpc) is 2.65. The van der Waals surface area contributed by atoms with E-state index < -0.39 is 16.9 Å². The van der Waals surface area contributed by atoms with Gasteiger partial charge in [0.2, 0.25) is 0 Å². The largest absolute Gasteiger partial charge is 0.387 e. The number of allylic oxidation sites excluding steroid dienone is 1. The molecule has 1 aromatic carbocycles. The van der Waals surface area contributed by atoms with Gasteiger partial charge in [-0.3, -0.25) is 0 Å². The van der Waals surface area contributed by atoms with Gasteiger partial charge in [0.25, 0.3) is 0 Å². The lowest BCUT2D eigenvalue weighted by Crippen LogP contribution is -2.53. The highest BCUT2D eigenvalue weighted by atomic mass is 35.5. The van der Waals surface area contributed by atoms with E-state index in [0.29, 0.717) is 16.4 Å².